The fourth-order valence-corrected chi connectivity index (χ4v) is 4.63. The Balaban J connectivity index is 1.68. The van der Waals surface area contributed by atoms with E-state index in [1.807, 2.05) is 0 Å². The van der Waals surface area contributed by atoms with Gasteiger partial charge in [0.05, 0.1) is 22.7 Å². The number of piperidine rings is 1. The number of ether oxygens (including phenoxy) is 1. The number of rotatable bonds is 3. The van der Waals surface area contributed by atoms with Gasteiger partial charge in [-0.15, -0.1) is 0 Å². The molecule has 0 spiro atoms. The largest absolute Gasteiger partial charge is 0.482 e. The summed E-state index contributed by atoms with van der Waals surface area (Å²) in [4.78, 5) is 2.48. The minimum absolute atomic E-state index is 0.0874. The Kier molecular flexibility index (Phi) is 5.10. The number of halogens is 1. The van der Waals surface area contributed by atoms with Gasteiger partial charge in [0.15, 0.2) is 0 Å². The van der Waals surface area contributed by atoms with Gasteiger partial charge in [0.1, 0.15) is 11.9 Å². The Morgan fingerprint density at radius 2 is 2.15 bits per heavy atom. The highest BCUT2D eigenvalue weighted by molar-refractivity contribution is 6.32. The number of nitrogens with zero attached hydrogens (tertiary/aromatic N) is 2. The number of hydrogen-bond acceptors (Lipinski definition) is 4. The average molecular weight is 382 g/mol. The molecule has 4 nitrogen and oxygen atoms in total. The lowest BCUT2D eigenvalue weighted by molar-refractivity contribution is 0.0593. The monoisotopic (exact) mass is 381 g/mol. The standard InChI is InChI=1S/C22H24ClN3O/c1-14-4-2-6-17-18(14)11-20(26-9-3-5-16(25)13-26)22(17)27-21-8-7-15(12-24)10-19(21)23/h2,4,6-8,10,16,20,22H,3,5,9,11,13,25H2,1H3/t16-,20-,22+/m1/s1. The van der Waals surface area contributed by atoms with E-state index in [1.165, 1.54) is 16.7 Å². The zero-order valence-corrected chi connectivity index (χ0v) is 16.2. The number of benzene rings is 2. The van der Waals surface area contributed by atoms with Gasteiger partial charge in [-0.1, -0.05) is 29.8 Å². The van der Waals surface area contributed by atoms with E-state index in [0.29, 0.717) is 16.3 Å². The molecule has 2 aromatic carbocycles. The molecule has 1 saturated heterocycles. The van der Waals surface area contributed by atoms with Crippen molar-refractivity contribution in [2.24, 2.45) is 5.73 Å². The van der Waals surface area contributed by atoms with Crippen LogP contribution in [0.25, 0.3) is 0 Å². The van der Waals surface area contributed by atoms with Crippen LogP contribution in [0.5, 0.6) is 5.75 Å². The highest BCUT2D eigenvalue weighted by Crippen LogP contribution is 2.41. The minimum atomic E-state index is -0.0874. The Labute approximate surface area is 165 Å². The van der Waals surface area contributed by atoms with Gasteiger partial charge < -0.3 is 10.5 Å². The van der Waals surface area contributed by atoms with E-state index in [1.54, 1.807) is 18.2 Å². The molecule has 2 N–H and O–H groups in total. The second kappa shape index (κ2) is 7.52. The number of nitriles is 1. The number of hydrogen-bond donors (Lipinski definition) is 1. The lowest BCUT2D eigenvalue weighted by Gasteiger charge is -2.38. The van der Waals surface area contributed by atoms with Crippen molar-refractivity contribution in [3.8, 4) is 11.8 Å². The van der Waals surface area contributed by atoms with Crippen molar-refractivity contribution in [2.75, 3.05) is 13.1 Å². The smallest absolute Gasteiger partial charge is 0.140 e. The van der Waals surface area contributed by atoms with Crippen LogP contribution in [0.15, 0.2) is 36.4 Å². The molecule has 0 saturated carbocycles. The summed E-state index contributed by atoms with van der Waals surface area (Å²) in [5.41, 5.74) is 10.7. The second-order valence-electron chi connectivity index (χ2n) is 7.61. The van der Waals surface area contributed by atoms with Crippen molar-refractivity contribution in [1.82, 2.24) is 4.90 Å². The van der Waals surface area contributed by atoms with E-state index >= 15 is 0 Å². The lowest BCUT2D eigenvalue weighted by atomic mass is 10.0. The molecular formula is C22H24ClN3O. The molecular weight excluding hydrogens is 358 g/mol. The predicted molar refractivity (Wildman–Crippen MR) is 107 cm³/mol. The Bertz CT molecular complexity index is 892. The molecule has 2 aliphatic rings. The van der Waals surface area contributed by atoms with Gasteiger partial charge in [-0.25, -0.2) is 0 Å². The van der Waals surface area contributed by atoms with E-state index in [-0.39, 0.29) is 18.2 Å². The third-order valence-electron chi connectivity index (χ3n) is 5.79. The van der Waals surface area contributed by atoms with Crippen molar-refractivity contribution < 1.29 is 4.74 Å². The highest BCUT2D eigenvalue weighted by Gasteiger charge is 2.40. The predicted octanol–water partition coefficient (Wildman–Crippen LogP) is 3.99. The number of likely N-dealkylation sites (tertiary alicyclic amines) is 1. The SMILES string of the molecule is Cc1cccc2c1C[C@@H](N1CCC[C@@H](N)C1)[C@H]2Oc1ccc(C#N)cc1Cl. The van der Waals surface area contributed by atoms with Gasteiger partial charge in [-0.2, -0.15) is 5.26 Å². The van der Waals surface area contributed by atoms with Crippen LogP contribution >= 0.6 is 11.6 Å². The van der Waals surface area contributed by atoms with Crippen molar-refractivity contribution >= 4 is 11.6 Å². The molecule has 27 heavy (non-hydrogen) atoms. The Morgan fingerprint density at radius 1 is 1.30 bits per heavy atom. The maximum Gasteiger partial charge on any atom is 0.140 e. The third-order valence-corrected chi connectivity index (χ3v) is 6.08. The van der Waals surface area contributed by atoms with Crippen molar-refractivity contribution in [3.05, 3.63) is 63.7 Å². The van der Waals surface area contributed by atoms with Crippen LogP contribution < -0.4 is 10.5 Å². The maximum absolute atomic E-state index is 9.07. The van der Waals surface area contributed by atoms with Crippen LogP contribution in [-0.2, 0) is 6.42 Å². The number of fused-ring (bicyclic) bond motifs is 1. The maximum atomic E-state index is 9.07. The van der Waals surface area contributed by atoms with E-state index in [0.717, 1.165) is 32.4 Å². The first-order valence-corrected chi connectivity index (χ1v) is 9.89. The highest BCUT2D eigenvalue weighted by atomic mass is 35.5. The van der Waals surface area contributed by atoms with Crippen LogP contribution in [0.2, 0.25) is 5.02 Å². The first kappa shape index (κ1) is 18.3. The summed E-state index contributed by atoms with van der Waals surface area (Å²) in [6.45, 7) is 4.11. The Hall–Kier alpha value is -2.06. The molecule has 5 heteroatoms. The molecule has 1 fully saturated rings. The molecule has 140 valence electrons. The van der Waals surface area contributed by atoms with E-state index in [2.05, 4.69) is 36.1 Å². The van der Waals surface area contributed by atoms with Gasteiger partial charge in [0.2, 0.25) is 0 Å². The normalized spacial score (nSPS) is 25.0. The third kappa shape index (κ3) is 3.55. The van der Waals surface area contributed by atoms with E-state index < -0.39 is 0 Å². The van der Waals surface area contributed by atoms with Crippen LogP contribution in [0.1, 0.15) is 41.2 Å². The van der Waals surface area contributed by atoms with Gasteiger partial charge in [-0.3, -0.25) is 4.90 Å². The molecule has 1 heterocycles. The van der Waals surface area contributed by atoms with E-state index in [9.17, 15) is 0 Å². The summed E-state index contributed by atoms with van der Waals surface area (Å²) in [6.07, 6.45) is 3.09. The summed E-state index contributed by atoms with van der Waals surface area (Å²) in [5.74, 6) is 0.626. The van der Waals surface area contributed by atoms with Gasteiger partial charge in [0, 0.05) is 12.6 Å². The minimum Gasteiger partial charge on any atom is -0.482 e. The van der Waals surface area contributed by atoms with Crippen molar-refractivity contribution in [1.29, 1.82) is 5.26 Å². The topological polar surface area (TPSA) is 62.3 Å². The Morgan fingerprint density at radius 3 is 2.89 bits per heavy atom. The van der Waals surface area contributed by atoms with E-state index in [4.69, 9.17) is 27.3 Å². The molecule has 2 aromatic rings. The summed E-state index contributed by atoms with van der Waals surface area (Å²) in [5, 5.41) is 9.54. The number of nitrogens with two attached hydrogens (primary N) is 1. The summed E-state index contributed by atoms with van der Waals surface area (Å²) >= 11 is 6.39. The summed E-state index contributed by atoms with van der Waals surface area (Å²) in [7, 11) is 0. The molecule has 0 bridgehead atoms. The molecule has 0 amide bonds. The summed E-state index contributed by atoms with van der Waals surface area (Å²) < 4.78 is 6.46. The van der Waals surface area contributed by atoms with Crippen LogP contribution in [-0.4, -0.2) is 30.1 Å². The van der Waals surface area contributed by atoms with Crippen LogP contribution in [0.3, 0.4) is 0 Å². The molecule has 1 aliphatic carbocycles. The van der Waals surface area contributed by atoms with Gasteiger partial charge in [-0.05, 0) is 67.6 Å². The molecule has 0 radical (unpaired) electrons. The van der Waals surface area contributed by atoms with Gasteiger partial charge in [0.25, 0.3) is 0 Å². The fraction of sp³-hybridized carbons (Fsp3) is 0.409. The molecule has 1 aliphatic heterocycles. The lowest BCUT2D eigenvalue weighted by Crippen LogP contribution is -2.49. The first-order chi connectivity index (χ1) is 13.1. The summed E-state index contributed by atoms with van der Waals surface area (Å²) in [6, 6.07) is 14.2. The van der Waals surface area contributed by atoms with Crippen LogP contribution in [0, 0.1) is 18.3 Å². The number of aryl methyl sites for hydroxylation is 1. The zero-order chi connectivity index (χ0) is 19.0. The first-order valence-electron chi connectivity index (χ1n) is 9.51. The van der Waals surface area contributed by atoms with Crippen molar-refractivity contribution in [3.63, 3.8) is 0 Å². The van der Waals surface area contributed by atoms with Crippen molar-refractivity contribution in [2.45, 2.75) is 44.4 Å². The fourth-order valence-electron chi connectivity index (χ4n) is 4.40. The second-order valence-corrected chi connectivity index (χ2v) is 8.01. The molecule has 3 atom stereocenters. The molecule has 4 rings (SSSR count). The molecule has 0 unspecified atom stereocenters. The van der Waals surface area contributed by atoms with Crippen LogP contribution in [0.4, 0.5) is 0 Å². The zero-order valence-electron chi connectivity index (χ0n) is 15.5. The van der Waals surface area contributed by atoms with Gasteiger partial charge >= 0.3 is 0 Å². The quantitative estimate of drug-likeness (QED) is 0.873. The molecule has 0 aromatic heterocycles. The average Bonchev–Trinajstić information content (AvgIpc) is 3.03.